The summed E-state index contributed by atoms with van der Waals surface area (Å²) < 4.78 is 6.38. The summed E-state index contributed by atoms with van der Waals surface area (Å²) >= 11 is 11.2. The summed E-state index contributed by atoms with van der Waals surface area (Å²) in [6.07, 6.45) is 0.697. The molecule has 0 fully saturated rings. The normalized spacial score (nSPS) is 12.4. The number of benzene rings is 1. The summed E-state index contributed by atoms with van der Waals surface area (Å²) in [6.45, 7) is 0. The zero-order valence-corrected chi connectivity index (χ0v) is 13.0. The van der Waals surface area contributed by atoms with Gasteiger partial charge in [-0.3, -0.25) is 0 Å². The second-order valence-corrected chi connectivity index (χ2v) is 6.14. The minimum atomic E-state index is -0.0632. The summed E-state index contributed by atoms with van der Waals surface area (Å²) in [5.74, 6) is 0.822. The van der Waals surface area contributed by atoms with Gasteiger partial charge in [-0.2, -0.15) is 0 Å². The van der Waals surface area contributed by atoms with Gasteiger partial charge in [0.15, 0.2) is 0 Å². The van der Waals surface area contributed by atoms with E-state index in [-0.39, 0.29) is 6.04 Å². The molecule has 1 heterocycles. The van der Waals surface area contributed by atoms with Crippen LogP contribution in [0.15, 0.2) is 34.1 Å². The molecule has 2 N–H and O–H groups in total. The highest BCUT2D eigenvalue weighted by atomic mass is 79.9. The van der Waals surface area contributed by atoms with E-state index < -0.39 is 0 Å². The maximum atomic E-state index is 6.23. The molecule has 0 bridgehead atoms. The van der Waals surface area contributed by atoms with Crippen molar-refractivity contribution in [1.82, 2.24) is 0 Å². The quantitative estimate of drug-likeness (QED) is 0.889. The monoisotopic (exact) mass is 345 g/mol. The van der Waals surface area contributed by atoms with E-state index in [1.54, 1.807) is 18.4 Å². The van der Waals surface area contributed by atoms with Crippen LogP contribution in [-0.4, -0.2) is 7.11 Å². The van der Waals surface area contributed by atoms with Crippen LogP contribution in [-0.2, 0) is 6.42 Å². The van der Waals surface area contributed by atoms with Crippen LogP contribution in [0.2, 0.25) is 5.02 Å². The van der Waals surface area contributed by atoms with Crippen molar-refractivity contribution in [1.29, 1.82) is 0 Å². The van der Waals surface area contributed by atoms with Gasteiger partial charge in [0.25, 0.3) is 0 Å². The summed E-state index contributed by atoms with van der Waals surface area (Å²) in [5, 5.41) is 2.72. The van der Waals surface area contributed by atoms with Crippen molar-refractivity contribution in [3.8, 4) is 5.75 Å². The molecule has 0 aliphatic rings. The van der Waals surface area contributed by atoms with Crippen molar-refractivity contribution in [3.63, 3.8) is 0 Å². The first kappa shape index (κ1) is 13.9. The third-order valence-corrected chi connectivity index (χ3v) is 4.90. The number of hydrogen-bond donors (Lipinski definition) is 1. The van der Waals surface area contributed by atoms with Gasteiger partial charge >= 0.3 is 0 Å². The fraction of sp³-hybridized carbons (Fsp3) is 0.231. The van der Waals surface area contributed by atoms with Crippen LogP contribution < -0.4 is 10.5 Å². The van der Waals surface area contributed by atoms with E-state index in [1.807, 2.05) is 29.6 Å². The number of methoxy groups -OCH3 is 1. The first-order valence-corrected chi connectivity index (χ1v) is 7.47. The SMILES string of the molecule is COc1ccc(Cl)cc1CC(N)c1sccc1Br. The standard InChI is InChI=1S/C13H13BrClNOS/c1-17-12-3-2-9(15)6-8(12)7-11(16)13-10(14)4-5-18-13/h2-6,11H,7,16H2,1H3. The first-order valence-electron chi connectivity index (χ1n) is 5.42. The van der Waals surface area contributed by atoms with Crippen molar-refractivity contribution in [3.05, 3.63) is 49.6 Å². The van der Waals surface area contributed by atoms with Crippen molar-refractivity contribution < 1.29 is 4.74 Å². The Morgan fingerprint density at radius 2 is 2.22 bits per heavy atom. The van der Waals surface area contributed by atoms with Gasteiger partial charge in [0, 0.05) is 20.4 Å². The van der Waals surface area contributed by atoms with Crippen LogP contribution >= 0.6 is 38.9 Å². The Labute approximate surface area is 124 Å². The van der Waals surface area contributed by atoms with Gasteiger partial charge in [-0.15, -0.1) is 11.3 Å². The number of rotatable bonds is 4. The number of ether oxygens (including phenoxy) is 1. The molecule has 1 aromatic carbocycles. The molecule has 1 aromatic heterocycles. The van der Waals surface area contributed by atoms with Crippen molar-refractivity contribution in [2.24, 2.45) is 5.73 Å². The lowest BCUT2D eigenvalue weighted by Gasteiger charge is -2.14. The molecule has 2 aromatic rings. The van der Waals surface area contributed by atoms with Gasteiger partial charge in [0.1, 0.15) is 5.75 Å². The van der Waals surface area contributed by atoms with Crippen LogP contribution in [0.5, 0.6) is 5.75 Å². The number of hydrogen-bond acceptors (Lipinski definition) is 3. The summed E-state index contributed by atoms with van der Waals surface area (Å²) in [7, 11) is 1.65. The van der Waals surface area contributed by atoms with Crippen molar-refractivity contribution >= 4 is 38.9 Å². The molecule has 1 atom stereocenters. The zero-order chi connectivity index (χ0) is 13.1. The fourth-order valence-electron chi connectivity index (χ4n) is 1.81. The Morgan fingerprint density at radius 1 is 1.44 bits per heavy atom. The molecular formula is C13H13BrClNOS. The van der Waals surface area contributed by atoms with Crippen molar-refractivity contribution in [2.75, 3.05) is 7.11 Å². The number of nitrogens with two attached hydrogens (primary N) is 1. The smallest absolute Gasteiger partial charge is 0.122 e. The molecule has 18 heavy (non-hydrogen) atoms. The summed E-state index contributed by atoms with van der Waals surface area (Å²) in [4.78, 5) is 1.14. The molecule has 1 unspecified atom stereocenters. The van der Waals surface area contributed by atoms with Crippen LogP contribution in [0.4, 0.5) is 0 Å². The second kappa shape index (κ2) is 6.06. The maximum Gasteiger partial charge on any atom is 0.122 e. The van der Waals surface area contributed by atoms with E-state index in [0.717, 1.165) is 20.7 Å². The van der Waals surface area contributed by atoms with Gasteiger partial charge in [0.2, 0.25) is 0 Å². The molecule has 96 valence electrons. The summed E-state index contributed by atoms with van der Waals surface area (Å²) in [6, 6.07) is 7.54. The van der Waals surface area contributed by atoms with Crippen LogP contribution in [0, 0.1) is 0 Å². The van der Waals surface area contributed by atoms with Crippen LogP contribution in [0.25, 0.3) is 0 Å². The van der Waals surface area contributed by atoms with E-state index in [1.165, 1.54) is 0 Å². The maximum absolute atomic E-state index is 6.23. The predicted octanol–water partition coefficient (Wildman–Crippen LogP) is 4.42. The number of thiophene rings is 1. The molecule has 0 amide bonds. The molecular weight excluding hydrogens is 334 g/mol. The topological polar surface area (TPSA) is 35.2 Å². The van der Waals surface area contributed by atoms with E-state index in [2.05, 4.69) is 15.9 Å². The van der Waals surface area contributed by atoms with Gasteiger partial charge in [-0.1, -0.05) is 11.6 Å². The van der Waals surface area contributed by atoms with Crippen LogP contribution in [0.3, 0.4) is 0 Å². The van der Waals surface area contributed by atoms with Gasteiger partial charge in [-0.25, -0.2) is 0 Å². The lowest BCUT2D eigenvalue weighted by Crippen LogP contribution is -2.13. The van der Waals surface area contributed by atoms with Gasteiger partial charge in [-0.05, 0) is 57.6 Å². The molecule has 0 aliphatic carbocycles. The second-order valence-electron chi connectivity index (χ2n) is 3.90. The van der Waals surface area contributed by atoms with E-state index in [4.69, 9.17) is 22.1 Å². The largest absolute Gasteiger partial charge is 0.496 e. The average Bonchev–Trinajstić information content (AvgIpc) is 2.76. The third kappa shape index (κ3) is 3.06. The van der Waals surface area contributed by atoms with Crippen LogP contribution in [0.1, 0.15) is 16.5 Å². The molecule has 2 rings (SSSR count). The summed E-state index contributed by atoms with van der Waals surface area (Å²) in [5.41, 5.74) is 7.25. The minimum absolute atomic E-state index is 0.0632. The molecule has 0 spiro atoms. The minimum Gasteiger partial charge on any atom is -0.496 e. The molecule has 0 saturated carbocycles. The molecule has 5 heteroatoms. The fourth-order valence-corrected chi connectivity index (χ4v) is 3.67. The molecule has 2 nitrogen and oxygen atoms in total. The highest BCUT2D eigenvalue weighted by Gasteiger charge is 2.14. The molecule has 0 saturated heterocycles. The van der Waals surface area contributed by atoms with Crippen molar-refractivity contribution in [2.45, 2.75) is 12.5 Å². The third-order valence-electron chi connectivity index (χ3n) is 2.66. The Kier molecular flexibility index (Phi) is 4.67. The molecule has 0 aliphatic heterocycles. The highest BCUT2D eigenvalue weighted by molar-refractivity contribution is 9.10. The Bertz CT molecular complexity index is 544. The van der Waals surface area contributed by atoms with E-state index in [0.29, 0.717) is 11.4 Å². The molecule has 0 radical (unpaired) electrons. The van der Waals surface area contributed by atoms with E-state index >= 15 is 0 Å². The number of halogens is 2. The van der Waals surface area contributed by atoms with Gasteiger partial charge < -0.3 is 10.5 Å². The van der Waals surface area contributed by atoms with Gasteiger partial charge in [0.05, 0.1) is 7.11 Å². The zero-order valence-electron chi connectivity index (χ0n) is 9.82. The lowest BCUT2D eigenvalue weighted by atomic mass is 10.0. The lowest BCUT2D eigenvalue weighted by molar-refractivity contribution is 0.408. The Hall–Kier alpha value is -0.550. The first-order chi connectivity index (χ1) is 8.61. The predicted molar refractivity (Wildman–Crippen MR) is 80.7 cm³/mol. The Balaban J connectivity index is 2.23. The highest BCUT2D eigenvalue weighted by Crippen LogP contribution is 2.32. The average molecular weight is 347 g/mol. The van der Waals surface area contributed by atoms with E-state index in [9.17, 15) is 0 Å². The Morgan fingerprint density at radius 3 is 2.83 bits per heavy atom.